The third-order valence-electron chi connectivity index (χ3n) is 5.70. The molecule has 0 aliphatic carbocycles. The molecule has 3 aromatic rings. The fourth-order valence-electron chi connectivity index (χ4n) is 4.07. The average molecular weight is 480 g/mol. The summed E-state index contributed by atoms with van der Waals surface area (Å²) >= 11 is 6.66. The number of thiocarbonyl (C=S) groups is 1. The van der Waals surface area contributed by atoms with Crippen LogP contribution in [-0.4, -0.2) is 38.9 Å². The Kier molecular flexibility index (Phi) is 5.59. The number of carbonyl (C=O) groups excluding carboxylic acids is 2. The van der Waals surface area contributed by atoms with Crippen LogP contribution < -0.4 is 14.8 Å². The lowest BCUT2D eigenvalue weighted by Crippen LogP contribution is -2.27. The van der Waals surface area contributed by atoms with Crippen LogP contribution in [0.1, 0.15) is 18.2 Å². The molecule has 3 heterocycles. The van der Waals surface area contributed by atoms with Crippen molar-refractivity contribution in [2.75, 3.05) is 18.7 Å². The summed E-state index contributed by atoms with van der Waals surface area (Å²) in [5.74, 6) is 1.03. The fourth-order valence-corrected chi connectivity index (χ4v) is 5.43. The molecule has 168 valence electrons. The van der Waals surface area contributed by atoms with Crippen LogP contribution in [0.2, 0.25) is 0 Å². The Morgan fingerprint density at radius 2 is 2.00 bits per heavy atom. The molecular formula is C24H21N3O4S2. The van der Waals surface area contributed by atoms with Gasteiger partial charge in [0.25, 0.3) is 5.91 Å². The normalized spacial score (nSPS) is 16.3. The Morgan fingerprint density at radius 1 is 1.21 bits per heavy atom. The molecular weight excluding hydrogens is 458 g/mol. The molecule has 0 spiro atoms. The maximum atomic E-state index is 12.9. The van der Waals surface area contributed by atoms with E-state index in [1.807, 2.05) is 48.8 Å². The highest BCUT2D eigenvalue weighted by Crippen LogP contribution is 2.36. The second kappa shape index (κ2) is 8.57. The number of aromatic nitrogens is 1. The largest absolute Gasteiger partial charge is 0.454 e. The first-order valence-electron chi connectivity index (χ1n) is 10.5. The summed E-state index contributed by atoms with van der Waals surface area (Å²) in [5, 5.41) is 3.91. The van der Waals surface area contributed by atoms with E-state index in [4.69, 9.17) is 21.7 Å². The summed E-state index contributed by atoms with van der Waals surface area (Å²) in [6.07, 6.45) is 1.89. The molecule has 2 amide bonds. The summed E-state index contributed by atoms with van der Waals surface area (Å²) < 4.78 is 13.2. The first kappa shape index (κ1) is 21.5. The number of hydrogen-bond donors (Lipinski definition) is 1. The number of anilines is 1. The third kappa shape index (κ3) is 3.87. The van der Waals surface area contributed by atoms with Crippen molar-refractivity contribution in [1.29, 1.82) is 0 Å². The average Bonchev–Trinajstić information content (AvgIpc) is 3.45. The van der Waals surface area contributed by atoms with Gasteiger partial charge in [-0.2, -0.15) is 0 Å². The third-order valence-corrected chi connectivity index (χ3v) is 7.08. The molecule has 0 atom stereocenters. The Morgan fingerprint density at radius 3 is 2.79 bits per heavy atom. The minimum absolute atomic E-state index is 0.0794. The molecule has 1 saturated heterocycles. The number of likely N-dealkylation sites (N-methyl/N-ethyl adjacent to an activating group) is 1. The van der Waals surface area contributed by atoms with Crippen LogP contribution in [0.4, 0.5) is 5.69 Å². The number of rotatable bonds is 5. The van der Waals surface area contributed by atoms with E-state index in [-0.39, 0.29) is 25.2 Å². The molecule has 7 nitrogen and oxygen atoms in total. The Labute approximate surface area is 200 Å². The van der Waals surface area contributed by atoms with Crippen molar-refractivity contribution in [3.05, 3.63) is 58.6 Å². The van der Waals surface area contributed by atoms with Crippen LogP contribution >= 0.6 is 24.0 Å². The molecule has 1 fully saturated rings. The molecule has 0 bridgehead atoms. The summed E-state index contributed by atoms with van der Waals surface area (Å²) in [7, 11) is 0. The number of hydrogen-bond acceptors (Lipinski definition) is 6. The second-order valence-electron chi connectivity index (χ2n) is 7.64. The van der Waals surface area contributed by atoms with E-state index in [2.05, 4.69) is 5.32 Å². The SMILES string of the molecule is CCN1C(=O)/C(=C\c2c(C)n(CC(=O)Nc3ccc4c(c3)OCO4)c3ccccc23)SC1=S. The zero-order chi connectivity index (χ0) is 23.1. The van der Waals surface area contributed by atoms with Crippen molar-refractivity contribution in [2.24, 2.45) is 0 Å². The van der Waals surface area contributed by atoms with E-state index in [0.717, 1.165) is 22.2 Å². The van der Waals surface area contributed by atoms with Crippen molar-refractivity contribution in [1.82, 2.24) is 9.47 Å². The Balaban J connectivity index is 1.45. The number of carbonyl (C=O) groups is 2. The van der Waals surface area contributed by atoms with Gasteiger partial charge in [0.15, 0.2) is 11.5 Å². The molecule has 9 heteroatoms. The molecule has 1 aromatic heterocycles. The van der Waals surface area contributed by atoms with Gasteiger partial charge in [0.05, 0.1) is 4.91 Å². The molecule has 1 N–H and O–H groups in total. The van der Waals surface area contributed by atoms with Crippen molar-refractivity contribution < 1.29 is 19.1 Å². The zero-order valence-corrected chi connectivity index (χ0v) is 19.7. The topological polar surface area (TPSA) is 72.8 Å². The molecule has 0 saturated carbocycles. The van der Waals surface area contributed by atoms with E-state index >= 15 is 0 Å². The van der Waals surface area contributed by atoms with Gasteiger partial charge in [-0.1, -0.05) is 42.2 Å². The predicted octanol–water partition coefficient (Wildman–Crippen LogP) is 4.54. The van der Waals surface area contributed by atoms with E-state index in [9.17, 15) is 9.59 Å². The van der Waals surface area contributed by atoms with Gasteiger partial charge in [0.1, 0.15) is 10.9 Å². The highest BCUT2D eigenvalue weighted by atomic mass is 32.2. The molecule has 2 aromatic carbocycles. The highest BCUT2D eigenvalue weighted by molar-refractivity contribution is 8.26. The second-order valence-corrected chi connectivity index (χ2v) is 9.32. The van der Waals surface area contributed by atoms with Crippen molar-refractivity contribution >= 4 is 62.8 Å². The van der Waals surface area contributed by atoms with Gasteiger partial charge in [-0.15, -0.1) is 0 Å². The zero-order valence-electron chi connectivity index (χ0n) is 18.1. The van der Waals surface area contributed by atoms with Gasteiger partial charge < -0.3 is 19.4 Å². The first-order valence-corrected chi connectivity index (χ1v) is 11.7. The number of fused-ring (bicyclic) bond motifs is 2. The van der Waals surface area contributed by atoms with Crippen molar-refractivity contribution in [2.45, 2.75) is 20.4 Å². The number of para-hydroxylation sites is 1. The lowest BCUT2D eigenvalue weighted by atomic mass is 10.1. The van der Waals surface area contributed by atoms with Gasteiger partial charge in [0, 0.05) is 40.5 Å². The van der Waals surface area contributed by atoms with Gasteiger partial charge in [0.2, 0.25) is 12.7 Å². The molecule has 2 aliphatic rings. The van der Waals surface area contributed by atoms with Crippen LogP contribution in [-0.2, 0) is 16.1 Å². The molecule has 33 heavy (non-hydrogen) atoms. The minimum Gasteiger partial charge on any atom is -0.454 e. The van der Waals surface area contributed by atoms with Crippen LogP contribution in [0.25, 0.3) is 17.0 Å². The Bertz CT molecular complexity index is 1340. The quantitative estimate of drug-likeness (QED) is 0.428. The monoisotopic (exact) mass is 479 g/mol. The van der Waals surface area contributed by atoms with Gasteiger partial charge >= 0.3 is 0 Å². The maximum absolute atomic E-state index is 12.9. The number of benzene rings is 2. The number of nitrogens with one attached hydrogen (secondary N) is 1. The molecule has 2 aliphatic heterocycles. The number of amides is 2. The fraction of sp³-hybridized carbons (Fsp3) is 0.208. The summed E-state index contributed by atoms with van der Waals surface area (Å²) in [6, 6.07) is 13.2. The Hall–Kier alpha value is -3.30. The highest BCUT2D eigenvalue weighted by Gasteiger charge is 2.31. The number of thioether (sulfide) groups is 1. The van der Waals surface area contributed by atoms with Crippen molar-refractivity contribution in [3.8, 4) is 11.5 Å². The summed E-state index contributed by atoms with van der Waals surface area (Å²) in [4.78, 5) is 27.8. The van der Waals surface area contributed by atoms with Gasteiger partial charge in [-0.3, -0.25) is 14.5 Å². The predicted molar refractivity (Wildman–Crippen MR) is 133 cm³/mol. The number of ether oxygens (including phenoxy) is 2. The van der Waals surface area contributed by atoms with E-state index in [1.165, 1.54) is 11.8 Å². The van der Waals surface area contributed by atoms with Crippen LogP contribution in [0.15, 0.2) is 47.4 Å². The number of nitrogens with zero attached hydrogens (tertiary/aromatic N) is 2. The smallest absolute Gasteiger partial charge is 0.266 e. The van der Waals surface area contributed by atoms with E-state index in [1.54, 1.807) is 23.1 Å². The lowest BCUT2D eigenvalue weighted by Gasteiger charge is -2.10. The van der Waals surface area contributed by atoms with Crippen molar-refractivity contribution in [3.63, 3.8) is 0 Å². The van der Waals surface area contributed by atoms with Crippen LogP contribution in [0.5, 0.6) is 11.5 Å². The summed E-state index contributed by atoms with van der Waals surface area (Å²) in [6.45, 7) is 4.72. The molecule has 0 radical (unpaired) electrons. The van der Waals surface area contributed by atoms with Crippen LogP contribution in [0.3, 0.4) is 0 Å². The maximum Gasteiger partial charge on any atom is 0.266 e. The van der Waals surface area contributed by atoms with Gasteiger partial charge in [-0.25, -0.2) is 0 Å². The molecule has 5 rings (SSSR count). The molecule has 0 unspecified atom stereocenters. The van der Waals surface area contributed by atoms with E-state index < -0.39 is 0 Å². The van der Waals surface area contributed by atoms with E-state index in [0.29, 0.717) is 33.0 Å². The first-order chi connectivity index (χ1) is 16.0. The summed E-state index contributed by atoms with van der Waals surface area (Å²) in [5.41, 5.74) is 3.38. The van der Waals surface area contributed by atoms with Crippen LogP contribution in [0, 0.1) is 6.92 Å². The standard InChI is InChI=1S/C24H21N3O4S2/c1-3-26-23(29)21(33-24(26)32)11-17-14(2)27(18-7-5-4-6-16(17)18)12-22(28)25-15-8-9-19-20(10-15)31-13-30-19/h4-11H,3,12-13H2,1-2H3,(H,25,28)/b21-11+. The minimum atomic E-state index is -0.165. The van der Waals surface area contributed by atoms with Gasteiger partial charge in [-0.05, 0) is 38.1 Å². The lowest BCUT2D eigenvalue weighted by molar-refractivity contribution is -0.122.